The van der Waals surface area contributed by atoms with Crippen LogP contribution in [0.15, 0.2) is 24.4 Å². The minimum atomic E-state index is -2.46. The first-order valence-corrected chi connectivity index (χ1v) is 11.5. The van der Waals surface area contributed by atoms with E-state index in [0.29, 0.717) is 11.3 Å². The normalized spacial score (nSPS) is 16.8. The summed E-state index contributed by atoms with van der Waals surface area (Å²) in [6.07, 6.45) is 2.72. The summed E-state index contributed by atoms with van der Waals surface area (Å²) in [7, 11) is -1.64. The molecule has 0 aliphatic rings. The van der Waals surface area contributed by atoms with Crippen molar-refractivity contribution < 1.29 is 28.3 Å². The van der Waals surface area contributed by atoms with Gasteiger partial charge in [0.1, 0.15) is 0 Å². The monoisotopic (exact) mass is 523 g/mol. The third-order valence-electron chi connectivity index (χ3n) is 3.72. The van der Waals surface area contributed by atoms with Gasteiger partial charge in [-0.2, -0.15) is 0 Å². The zero-order valence-electron chi connectivity index (χ0n) is 21.3. The molecule has 0 unspecified atom stereocenters. The van der Waals surface area contributed by atoms with Crippen LogP contribution >= 0.6 is 0 Å². The molecule has 2 rings (SSSR count). The molecular weight excluding hydrogens is 487 g/mol. The molecule has 133 valence electrons. The maximum Gasteiger partial charge on any atom is 0.0798 e. The van der Waals surface area contributed by atoms with Crippen LogP contribution in [0.5, 0.6) is 0 Å². The van der Waals surface area contributed by atoms with Crippen LogP contribution in [0.2, 0.25) is 19.6 Å². The van der Waals surface area contributed by atoms with E-state index in [4.69, 9.17) is 8.22 Å². The van der Waals surface area contributed by atoms with Gasteiger partial charge < -0.3 is 4.98 Å². The Labute approximate surface area is 171 Å². The minimum Gasteiger partial charge on any atom is -0.305 e. The fourth-order valence-electron chi connectivity index (χ4n) is 2.74. The summed E-state index contributed by atoms with van der Waals surface area (Å²) in [6, 6.07) is 7.49. The van der Waals surface area contributed by atoms with E-state index in [9.17, 15) is 0 Å². The van der Waals surface area contributed by atoms with Crippen LogP contribution < -0.4 is 5.19 Å². The Morgan fingerprint density at radius 2 is 1.88 bits per heavy atom. The fourth-order valence-corrected chi connectivity index (χ4v) is 4.31. The van der Waals surface area contributed by atoms with Crippen molar-refractivity contribution in [2.24, 2.45) is 5.41 Å². The van der Waals surface area contributed by atoms with Crippen molar-refractivity contribution in [3.63, 3.8) is 0 Å². The van der Waals surface area contributed by atoms with E-state index in [1.807, 2.05) is 12.3 Å². The Kier molecular flexibility index (Phi) is 4.28. The molecule has 0 aliphatic heterocycles. The molecule has 3 heteroatoms. The van der Waals surface area contributed by atoms with Gasteiger partial charge in [0.15, 0.2) is 0 Å². The first-order chi connectivity index (χ1) is 12.9. The maximum atomic E-state index is 7.91. The van der Waals surface area contributed by atoms with Gasteiger partial charge in [-0.3, -0.25) is 0 Å². The first kappa shape index (κ1) is 13.4. The van der Waals surface area contributed by atoms with Gasteiger partial charge in [0.2, 0.25) is 0 Å². The van der Waals surface area contributed by atoms with E-state index in [-0.39, 0.29) is 36.6 Å². The zero-order valence-corrected chi connectivity index (χ0v) is 18.7. The van der Waals surface area contributed by atoms with Gasteiger partial charge in [0, 0.05) is 34.5 Å². The Balaban J connectivity index is 0.00000450. The number of pyridine rings is 1. The van der Waals surface area contributed by atoms with Crippen molar-refractivity contribution >= 4 is 13.3 Å². The molecular formula is C21H30IrNSi-. The fraction of sp³-hybridized carbons (Fsp3) is 0.476. The number of hydrogen-bond donors (Lipinski definition) is 0. The maximum absolute atomic E-state index is 7.91. The third kappa shape index (κ3) is 5.37. The zero-order chi connectivity index (χ0) is 22.4. The van der Waals surface area contributed by atoms with Crippen LogP contribution in [0.3, 0.4) is 0 Å². The van der Waals surface area contributed by atoms with Gasteiger partial charge in [0.05, 0.1) is 8.07 Å². The van der Waals surface area contributed by atoms with Crippen LogP contribution in [0.1, 0.15) is 45.7 Å². The average molecular weight is 523 g/mol. The number of aromatic nitrogens is 1. The van der Waals surface area contributed by atoms with Crippen molar-refractivity contribution in [3.05, 3.63) is 47.2 Å². The summed E-state index contributed by atoms with van der Waals surface area (Å²) >= 11 is 0. The Hall–Kier alpha value is -0.764. The number of benzene rings is 1. The third-order valence-corrected chi connectivity index (χ3v) is 5.78. The molecule has 1 aromatic carbocycles. The molecule has 0 atom stereocenters. The van der Waals surface area contributed by atoms with Crippen LogP contribution in [0.25, 0.3) is 11.3 Å². The van der Waals surface area contributed by atoms with Gasteiger partial charge in [0.25, 0.3) is 0 Å². The standard InChI is InChI=1S/C21H30NSi.Ir/c1-15-9-10-18(16(2)11-15)19-12-17(13-21(3,4)5)20(14-22-19)23(6,7)8;/h9,11-12,14H,13H2,1-8H3;/q-1;/i1D3,2D3;. The molecule has 0 fully saturated rings. The Bertz CT molecular complexity index is 892. The SMILES string of the molecule is [2H]C([2H])([2H])c1c[c-]c(-c2cc(CC(C)(C)C)c([Si](C)(C)C)cn2)c(C([2H])([2H])[2H])c1.[Ir]. The summed E-state index contributed by atoms with van der Waals surface area (Å²) in [6.45, 7) is 8.46. The quantitative estimate of drug-likeness (QED) is 0.394. The Morgan fingerprint density at radius 3 is 2.42 bits per heavy atom. The van der Waals surface area contributed by atoms with Gasteiger partial charge in [-0.05, 0) is 22.7 Å². The average Bonchev–Trinajstić information content (AvgIpc) is 2.49. The summed E-state index contributed by atoms with van der Waals surface area (Å²) in [4.78, 5) is 4.58. The first-order valence-electron chi connectivity index (χ1n) is 11.0. The molecule has 1 radical (unpaired) electrons. The molecule has 0 N–H and O–H groups in total. The number of aryl methyl sites for hydroxylation is 2. The molecule has 1 heterocycles. The van der Waals surface area contributed by atoms with Crippen LogP contribution in [0.4, 0.5) is 0 Å². The largest absolute Gasteiger partial charge is 0.305 e. The van der Waals surface area contributed by atoms with E-state index in [0.717, 1.165) is 6.42 Å². The molecule has 0 amide bonds. The number of hydrogen-bond acceptors (Lipinski definition) is 1. The van der Waals surface area contributed by atoms with E-state index in [2.05, 4.69) is 51.5 Å². The van der Waals surface area contributed by atoms with Crippen molar-refractivity contribution in [1.82, 2.24) is 4.98 Å². The van der Waals surface area contributed by atoms with Crippen LogP contribution in [0, 0.1) is 25.2 Å². The van der Waals surface area contributed by atoms with Gasteiger partial charge in [-0.1, -0.05) is 65.7 Å². The number of nitrogens with zero attached hydrogens (tertiary/aromatic N) is 1. The molecule has 0 aliphatic carbocycles. The molecule has 1 nitrogen and oxygen atoms in total. The second-order valence-corrected chi connectivity index (χ2v) is 13.4. The minimum absolute atomic E-state index is 0. The van der Waals surface area contributed by atoms with Gasteiger partial charge in [-0.15, -0.1) is 34.9 Å². The summed E-state index contributed by atoms with van der Waals surface area (Å²) in [5, 5.41) is 1.26. The molecule has 2 aromatic rings. The number of rotatable bonds is 3. The van der Waals surface area contributed by atoms with Crippen molar-refractivity contribution in [3.8, 4) is 11.3 Å². The van der Waals surface area contributed by atoms with Crippen molar-refractivity contribution in [2.45, 2.75) is 60.5 Å². The molecule has 0 saturated heterocycles. The topological polar surface area (TPSA) is 12.9 Å². The van der Waals surface area contributed by atoms with E-state index in [1.54, 1.807) is 0 Å². The molecule has 1 aromatic heterocycles. The van der Waals surface area contributed by atoms with Crippen LogP contribution in [-0.4, -0.2) is 13.1 Å². The van der Waals surface area contributed by atoms with E-state index in [1.165, 1.54) is 22.9 Å². The summed E-state index contributed by atoms with van der Waals surface area (Å²) in [5.74, 6) is 0. The van der Waals surface area contributed by atoms with Gasteiger partial charge in [-0.25, -0.2) is 0 Å². The van der Waals surface area contributed by atoms with E-state index >= 15 is 0 Å². The molecule has 0 bridgehead atoms. The molecule has 24 heavy (non-hydrogen) atoms. The van der Waals surface area contributed by atoms with Gasteiger partial charge >= 0.3 is 0 Å². The Morgan fingerprint density at radius 1 is 1.17 bits per heavy atom. The second kappa shape index (κ2) is 7.64. The van der Waals surface area contributed by atoms with Crippen LogP contribution in [-0.2, 0) is 26.5 Å². The predicted octanol–water partition coefficient (Wildman–Crippen LogP) is 5.30. The second-order valence-electron chi connectivity index (χ2n) is 8.39. The predicted molar refractivity (Wildman–Crippen MR) is 104 cm³/mol. The summed E-state index contributed by atoms with van der Waals surface area (Å²) < 4.78 is 46.5. The molecule has 0 saturated carbocycles. The van der Waals surface area contributed by atoms with E-state index < -0.39 is 21.8 Å². The molecule has 0 spiro atoms. The smallest absolute Gasteiger partial charge is 0.0798 e. The van der Waals surface area contributed by atoms with Crippen molar-refractivity contribution in [1.29, 1.82) is 0 Å². The van der Waals surface area contributed by atoms with Crippen molar-refractivity contribution in [2.75, 3.05) is 0 Å². The summed E-state index contributed by atoms with van der Waals surface area (Å²) in [5.41, 5.74) is 2.05.